The van der Waals surface area contributed by atoms with Gasteiger partial charge in [-0.15, -0.1) is 0 Å². The molecule has 0 bridgehead atoms. The smallest absolute Gasteiger partial charge is 0.000427 e. The average Bonchev–Trinajstić information content (AvgIpc) is 2.29. The lowest BCUT2D eigenvalue weighted by atomic mass is 10.2. The highest BCUT2D eigenvalue weighted by molar-refractivity contribution is 4.57. The highest BCUT2D eigenvalue weighted by atomic mass is 15.1. The molecule has 1 nitrogen and oxygen atoms in total. The molecule has 15 heavy (non-hydrogen) atoms. The van der Waals surface area contributed by atoms with E-state index in [2.05, 4.69) is 32.6 Å². The van der Waals surface area contributed by atoms with Crippen molar-refractivity contribution < 1.29 is 0 Å². The van der Waals surface area contributed by atoms with Crippen LogP contribution in [0.3, 0.4) is 0 Å². The molecule has 0 aromatic heterocycles. The van der Waals surface area contributed by atoms with Gasteiger partial charge in [-0.2, -0.15) is 0 Å². The van der Waals surface area contributed by atoms with E-state index in [1.54, 1.807) is 0 Å². The Kier molecular flexibility index (Phi) is 26.5. The van der Waals surface area contributed by atoms with Gasteiger partial charge in [0.05, 0.1) is 0 Å². The van der Waals surface area contributed by atoms with Crippen LogP contribution >= 0.6 is 0 Å². The van der Waals surface area contributed by atoms with E-state index in [1.807, 2.05) is 27.7 Å². The lowest BCUT2D eigenvalue weighted by Gasteiger charge is -2.21. The quantitative estimate of drug-likeness (QED) is 0.617. The summed E-state index contributed by atoms with van der Waals surface area (Å²) in [5.41, 5.74) is 0. The average molecular weight is 217 g/mol. The molecule has 0 heterocycles. The third kappa shape index (κ3) is 20.1. The van der Waals surface area contributed by atoms with Crippen molar-refractivity contribution in [2.75, 3.05) is 19.6 Å². The molecule has 0 aromatic carbocycles. The Balaban J connectivity index is -0.000000318. The van der Waals surface area contributed by atoms with E-state index in [4.69, 9.17) is 0 Å². The van der Waals surface area contributed by atoms with Gasteiger partial charge in [0.2, 0.25) is 0 Å². The Morgan fingerprint density at radius 2 is 1.40 bits per heavy atom. The lowest BCUT2D eigenvalue weighted by molar-refractivity contribution is 0.253. The van der Waals surface area contributed by atoms with E-state index < -0.39 is 0 Å². The minimum atomic E-state index is 0.812. The van der Waals surface area contributed by atoms with Crippen LogP contribution < -0.4 is 0 Å². The molecule has 0 saturated carbocycles. The SMILES string of the molecule is CC.CC.CCCCN(CC)CC(C)C. The van der Waals surface area contributed by atoms with Crippen LogP contribution in [0.25, 0.3) is 0 Å². The van der Waals surface area contributed by atoms with Gasteiger partial charge in [-0.1, -0.05) is 61.8 Å². The molecular weight excluding hydrogens is 182 g/mol. The van der Waals surface area contributed by atoms with Crippen molar-refractivity contribution in [1.82, 2.24) is 4.90 Å². The number of hydrogen-bond donors (Lipinski definition) is 0. The van der Waals surface area contributed by atoms with Gasteiger partial charge >= 0.3 is 0 Å². The van der Waals surface area contributed by atoms with Crippen LogP contribution in [0.5, 0.6) is 0 Å². The van der Waals surface area contributed by atoms with Crippen LogP contribution in [0.15, 0.2) is 0 Å². The van der Waals surface area contributed by atoms with Crippen molar-refractivity contribution in [3.63, 3.8) is 0 Å². The van der Waals surface area contributed by atoms with E-state index in [0.29, 0.717) is 0 Å². The van der Waals surface area contributed by atoms with Crippen LogP contribution in [-0.2, 0) is 0 Å². The maximum atomic E-state index is 2.54. The number of rotatable bonds is 6. The molecule has 0 saturated heterocycles. The zero-order chi connectivity index (χ0) is 12.7. The van der Waals surface area contributed by atoms with Crippen LogP contribution in [0, 0.1) is 5.92 Å². The third-order valence-electron chi connectivity index (χ3n) is 1.90. The second-order valence-corrected chi connectivity index (χ2v) is 3.64. The Morgan fingerprint density at radius 1 is 0.933 bits per heavy atom. The van der Waals surface area contributed by atoms with E-state index in [1.165, 1.54) is 32.5 Å². The first-order chi connectivity index (χ1) is 7.20. The molecule has 0 radical (unpaired) electrons. The molecule has 0 fully saturated rings. The van der Waals surface area contributed by atoms with Crippen molar-refractivity contribution in [1.29, 1.82) is 0 Å². The normalized spacial score (nSPS) is 9.20. The Labute approximate surface area is 99.3 Å². The van der Waals surface area contributed by atoms with Gasteiger partial charge in [0.1, 0.15) is 0 Å². The van der Waals surface area contributed by atoms with Crippen LogP contribution in [0.1, 0.15) is 68.2 Å². The maximum Gasteiger partial charge on any atom is 0.000427 e. The van der Waals surface area contributed by atoms with Gasteiger partial charge in [0.15, 0.2) is 0 Å². The first-order valence-electron chi connectivity index (χ1n) is 6.93. The first kappa shape index (κ1) is 20.4. The van der Waals surface area contributed by atoms with Crippen LogP contribution in [0.4, 0.5) is 0 Å². The summed E-state index contributed by atoms with van der Waals surface area (Å²) in [6.45, 7) is 20.8. The monoisotopic (exact) mass is 217 g/mol. The summed E-state index contributed by atoms with van der Waals surface area (Å²) in [7, 11) is 0. The molecule has 0 unspecified atom stereocenters. The molecule has 0 atom stereocenters. The fourth-order valence-electron chi connectivity index (χ4n) is 1.28. The molecule has 0 aromatic rings. The highest BCUT2D eigenvalue weighted by Crippen LogP contribution is 2.00. The predicted molar refractivity (Wildman–Crippen MR) is 74.6 cm³/mol. The molecule has 0 N–H and O–H groups in total. The van der Waals surface area contributed by atoms with Crippen molar-refractivity contribution in [2.45, 2.75) is 68.2 Å². The van der Waals surface area contributed by atoms with Crippen molar-refractivity contribution in [2.24, 2.45) is 5.92 Å². The topological polar surface area (TPSA) is 3.24 Å². The minimum Gasteiger partial charge on any atom is -0.303 e. The largest absolute Gasteiger partial charge is 0.303 e. The number of unbranched alkanes of at least 4 members (excludes halogenated alkanes) is 1. The van der Waals surface area contributed by atoms with Gasteiger partial charge in [0.25, 0.3) is 0 Å². The lowest BCUT2D eigenvalue weighted by Crippen LogP contribution is -2.28. The Morgan fingerprint density at radius 3 is 1.67 bits per heavy atom. The molecule has 0 spiro atoms. The molecular formula is C14H35N. The number of nitrogens with zero attached hydrogens (tertiary/aromatic N) is 1. The van der Waals surface area contributed by atoms with E-state index >= 15 is 0 Å². The summed E-state index contributed by atoms with van der Waals surface area (Å²) in [6.07, 6.45) is 2.66. The summed E-state index contributed by atoms with van der Waals surface area (Å²) < 4.78 is 0. The van der Waals surface area contributed by atoms with Gasteiger partial charge in [-0.05, 0) is 25.4 Å². The third-order valence-corrected chi connectivity index (χ3v) is 1.90. The van der Waals surface area contributed by atoms with Crippen molar-refractivity contribution in [3.8, 4) is 0 Å². The number of hydrogen-bond acceptors (Lipinski definition) is 1. The van der Waals surface area contributed by atoms with Gasteiger partial charge in [-0.25, -0.2) is 0 Å². The van der Waals surface area contributed by atoms with Gasteiger partial charge < -0.3 is 4.90 Å². The zero-order valence-corrected chi connectivity index (χ0v) is 12.6. The second kappa shape index (κ2) is 19.5. The fraction of sp³-hybridized carbons (Fsp3) is 1.00. The summed E-state index contributed by atoms with van der Waals surface area (Å²) >= 11 is 0. The molecule has 1 heteroatoms. The van der Waals surface area contributed by atoms with Gasteiger partial charge in [0, 0.05) is 6.54 Å². The van der Waals surface area contributed by atoms with Crippen molar-refractivity contribution >= 4 is 0 Å². The van der Waals surface area contributed by atoms with Crippen LogP contribution in [0.2, 0.25) is 0 Å². The molecule has 0 rings (SSSR count). The molecule has 96 valence electrons. The first-order valence-corrected chi connectivity index (χ1v) is 6.93. The Hall–Kier alpha value is -0.0400. The second-order valence-electron chi connectivity index (χ2n) is 3.64. The predicted octanol–water partition coefficient (Wildman–Crippen LogP) is 4.82. The summed E-state index contributed by atoms with van der Waals surface area (Å²) in [4.78, 5) is 2.54. The van der Waals surface area contributed by atoms with Crippen molar-refractivity contribution in [3.05, 3.63) is 0 Å². The summed E-state index contributed by atoms with van der Waals surface area (Å²) in [5.74, 6) is 0.812. The van der Waals surface area contributed by atoms with E-state index in [0.717, 1.165) is 5.92 Å². The molecule has 0 amide bonds. The maximum absolute atomic E-state index is 2.54. The van der Waals surface area contributed by atoms with E-state index in [9.17, 15) is 0 Å². The zero-order valence-electron chi connectivity index (χ0n) is 12.6. The highest BCUT2D eigenvalue weighted by Gasteiger charge is 2.02. The molecule has 0 aliphatic heterocycles. The Bertz CT molecular complexity index is 79.4. The fourth-order valence-corrected chi connectivity index (χ4v) is 1.28. The minimum absolute atomic E-state index is 0.812. The molecule has 0 aliphatic carbocycles. The standard InChI is InChI=1S/C10H23N.2C2H6/c1-5-7-8-11(6-2)9-10(3)4;2*1-2/h10H,5-9H2,1-4H3;2*1-2H3. The van der Waals surface area contributed by atoms with Crippen LogP contribution in [-0.4, -0.2) is 24.5 Å². The summed E-state index contributed by atoms with van der Waals surface area (Å²) in [5, 5.41) is 0. The van der Waals surface area contributed by atoms with Gasteiger partial charge in [-0.3, -0.25) is 0 Å². The summed E-state index contributed by atoms with van der Waals surface area (Å²) in [6, 6.07) is 0. The molecule has 0 aliphatic rings. The van der Waals surface area contributed by atoms with E-state index in [-0.39, 0.29) is 0 Å².